The van der Waals surface area contributed by atoms with Crippen LogP contribution in [0.5, 0.6) is 0 Å². The lowest BCUT2D eigenvalue weighted by atomic mass is 10.1. The Bertz CT molecular complexity index is 731. The molecule has 3 rings (SSSR count). The second-order valence-electron chi connectivity index (χ2n) is 3.98. The van der Waals surface area contributed by atoms with Gasteiger partial charge < -0.3 is 0 Å². The number of rotatable bonds is 1. The van der Waals surface area contributed by atoms with E-state index < -0.39 is 11.7 Å². The fraction of sp³-hybridized carbons (Fsp3) is 0.0769. The number of alkyl halides is 3. The minimum atomic E-state index is -4.41. The Labute approximate surface area is 106 Å². The number of aromatic nitrogens is 3. The summed E-state index contributed by atoms with van der Waals surface area (Å²) in [6, 6.07) is 8.76. The molecule has 2 aromatic heterocycles. The number of fused-ring (bicyclic) bond motifs is 1. The van der Waals surface area contributed by atoms with Gasteiger partial charge in [-0.05, 0) is 24.3 Å². The van der Waals surface area contributed by atoms with Crippen molar-refractivity contribution in [2.75, 3.05) is 0 Å². The van der Waals surface area contributed by atoms with Gasteiger partial charge in [0.2, 0.25) is 0 Å². The zero-order chi connectivity index (χ0) is 13.5. The van der Waals surface area contributed by atoms with Crippen molar-refractivity contribution in [3.63, 3.8) is 0 Å². The first-order chi connectivity index (χ1) is 9.07. The summed E-state index contributed by atoms with van der Waals surface area (Å²) in [6.07, 6.45) is -1.54. The predicted molar refractivity (Wildman–Crippen MR) is 63.9 cm³/mol. The van der Waals surface area contributed by atoms with Gasteiger partial charge >= 0.3 is 6.18 Å². The van der Waals surface area contributed by atoms with E-state index in [1.54, 1.807) is 18.2 Å². The maximum absolute atomic E-state index is 13.0. The number of nitrogens with zero attached hydrogens (tertiary/aromatic N) is 3. The van der Waals surface area contributed by atoms with E-state index in [1.165, 1.54) is 29.2 Å². The van der Waals surface area contributed by atoms with E-state index in [9.17, 15) is 13.2 Å². The monoisotopic (exact) mass is 263 g/mol. The summed E-state index contributed by atoms with van der Waals surface area (Å²) in [5, 5.41) is 0. The minimum Gasteiger partial charge on any atom is -0.283 e. The minimum absolute atomic E-state index is 0.0243. The lowest BCUT2D eigenvalue weighted by Gasteiger charge is -2.13. The van der Waals surface area contributed by atoms with E-state index in [0.29, 0.717) is 11.2 Å². The summed E-state index contributed by atoms with van der Waals surface area (Å²) in [5.74, 6) is 0. The van der Waals surface area contributed by atoms with Crippen molar-refractivity contribution >= 4 is 11.2 Å². The summed E-state index contributed by atoms with van der Waals surface area (Å²) in [7, 11) is 0. The highest BCUT2D eigenvalue weighted by Gasteiger charge is 2.33. The fourth-order valence-corrected chi connectivity index (χ4v) is 1.95. The number of hydrogen-bond acceptors (Lipinski definition) is 2. The maximum Gasteiger partial charge on any atom is 0.418 e. The number of para-hydroxylation sites is 1. The number of pyridine rings is 1. The summed E-state index contributed by atoms with van der Waals surface area (Å²) in [4.78, 5) is 8.13. The summed E-state index contributed by atoms with van der Waals surface area (Å²) in [5.41, 5.74) is 0.273. The third-order valence-corrected chi connectivity index (χ3v) is 2.78. The Hall–Kier alpha value is -2.37. The molecule has 0 spiro atoms. The number of hydrogen-bond donors (Lipinski definition) is 0. The van der Waals surface area contributed by atoms with Crippen molar-refractivity contribution in [3.8, 4) is 5.69 Å². The zero-order valence-corrected chi connectivity index (χ0v) is 9.59. The van der Waals surface area contributed by atoms with E-state index >= 15 is 0 Å². The van der Waals surface area contributed by atoms with Crippen LogP contribution in [-0.2, 0) is 6.18 Å². The maximum atomic E-state index is 13.0. The van der Waals surface area contributed by atoms with Gasteiger partial charge in [-0.2, -0.15) is 13.2 Å². The molecule has 0 aliphatic carbocycles. The first-order valence-electron chi connectivity index (χ1n) is 5.52. The predicted octanol–water partition coefficient (Wildman–Crippen LogP) is 3.44. The van der Waals surface area contributed by atoms with Gasteiger partial charge in [-0.15, -0.1) is 0 Å². The molecule has 0 fully saturated rings. The Morgan fingerprint density at radius 1 is 0.947 bits per heavy atom. The van der Waals surface area contributed by atoms with E-state index in [2.05, 4.69) is 9.97 Å². The lowest BCUT2D eigenvalue weighted by molar-refractivity contribution is -0.137. The summed E-state index contributed by atoms with van der Waals surface area (Å²) in [6.45, 7) is 0. The quantitative estimate of drug-likeness (QED) is 0.673. The van der Waals surface area contributed by atoms with Gasteiger partial charge in [0, 0.05) is 6.20 Å². The molecule has 0 unspecified atom stereocenters. The SMILES string of the molecule is FC(F)(F)c1ccccc1-n1cnc2cccnc21. The average molecular weight is 263 g/mol. The van der Waals surface area contributed by atoms with Crippen molar-refractivity contribution in [2.24, 2.45) is 0 Å². The van der Waals surface area contributed by atoms with Crippen LogP contribution in [-0.4, -0.2) is 14.5 Å². The van der Waals surface area contributed by atoms with Crippen LogP contribution in [0.3, 0.4) is 0 Å². The van der Waals surface area contributed by atoms with Gasteiger partial charge in [-0.3, -0.25) is 4.57 Å². The molecule has 96 valence electrons. The Morgan fingerprint density at radius 2 is 1.74 bits per heavy atom. The van der Waals surface area contributed by atoms with Crippen molar-refractivity contribution in [1.82, 2.24) is 14.5 Å². The Morgan fingerprint density at radius 3 is 2.53 bits per heavy atom. The molecule has 0 atom stereocenters. The van der Waals surface area contributed by atoms with E-state index in [1.807, 2.05) is 0 Å². The lowest BCUT2D eigenvalue weighted by Crippen LogP contribution is -2.10. The number of imidazole rings is 1. The van der Waals surface area contributed by atoms with E-state index in [-0.39, 0.29) is 5.69 Å². The van der Waals surface area contributed by atoms with Crippen molar-refractivity contribution in [3.05, 3.63) is 54.5 Å². The Balaban J connectivity index is 2.28. The van der Waals surface area contributed by atoms with Gasteiger partial charge in [0.1, 0.15) is 11.8 Å². The van der Waals surface area contributed by atoms with Crippen LogP contribution in [0, 0.1) is 0 Å². The molecule has 0 bridgehead atoms. The van der Waals surface area contributed by atoms with Crippen LogP contribution in [0.25, 0.3) is 16.9 Å². The highest BCUT2D eigenvalue weighted by Crippen LogP contribution is 2.34. The smallest absolute Gasteiger partial charge is 0.283 e. The van der Waals surface area contributed by atoms with Gasteiger partial charge in [0.25, 0.3) is 0 Å². The Kier molecular flexibility index (Phi) is 2.51. The second kappa shape index (κ2) is 4.08. The highest BCUT2D eigenvalue weighted by molar-refractivity contribution is 5.73. The molecule has 0 aliphatic rings. The molecule has 0 aliphatic heterocycles. The van der Waals surface area contributed by atoms with Crippen LogP contribution in [0.1, 0.15) is 5.56 Å². The molecule has 2 heterocycles. The van der Waals surface area contributed by atoms with E-state index in [4.69, 9.17) is 0 Å². The van der Waals surface area contributed by atoms with Gasteiger partial charge in [0.15, 0.2) is 5.65 Å². The molecular weight excluding hydrogens is 255 g/mol. The van der Waals surface area contributed by atoms with Crippen molar-refractivity contribution < 1.29 is 13.2 Å². The van der Waals surface area contributed by atoms with Crippen LogP contribution >= 0.6 is 0 Å². The van der Waals surface area contributed by atoms with Crippen molar-refractivity contribution in [2.45, 2.75) is 6.18 Å². The normalized spacial score (nSPS) is 11.9. The third-order valence-electron chi connectivity index (χ3n) is 2.78. The molecule has 0 saturated heterocycles. The molecule has 3 aromatic rings. The summed E-state index contributed by atoms with van der Waals surface area (Å²) >= 11 is 0. The first kappa shape index (κ1) is 11.7. The van der Waals surface area contributed by atoms with Crippen molar-refractivity contribution in [1.29, 1.82) is 0 Å². The van der Waals surface area contributed by atoms with Crippen LogP contribution in [0.4, 0.5) is 13.2 Å². The molecule has 1 aromatic carbocycles. The molecule has 6 heteroatoms. The molecule has 0 amide bonds. The number of benzene rings is 1. The second-order valence-corrected chi connectivity index (χ2v) is 3.98. The first-order valence-corrected chi connectivity index (χ1v) is 5.52. The standard InChI is InChI=1S/C13H8F3N3/c14-13(15,16)9-4-1-2-6-11(9)19-8-18-10-5-3-7-17-12(10)19/h1-8H. The zero-order valence-electron chi connectivity index (χ0n) is 9.59. The summed E-state index contributed by atoms with van der Waals surface area (Å²) < 4.78 is 40.3. The highest BCUT2D eigenvalue weighted by atomic mass is 19.4. The van der Waals surface area contributed by atoms with Crippen LogP contribution < -0.4 is 0 Å². The van der Waals surface area contributed by atoms with Crippen LogP contribution in [0.15, 0.2) is 48.9 Å². The number of halogens is 3. The molecule has 0 radical (unpaired) electrons. The molecular formula is C13H8F3N3. The van der Waals surface area contributed by atoms with Gasteiger partial charge in [-0.25, -0.2) is 9.97 Å². The van der Waals surface area contributed by atoms with Gasteiger partial charge in [0.05, 0.1) is 11.3 Å². The molecule has 3 nitrogen and oxygen atoms in total. The molecule has 0 N–H and O–H groups in total. The van der Waals surface area contributed by atoms with Crippen LogP contribution in [0.2, 0.25) is 0 Å². The largest absolute Gasteiger partial charge is 0.418 e. The third kappa shape index (κ3) is 1.95. The topological polar surface area (TPSA) is 30.7 Å². The molecule has 0 saturated carbocycles. The average Bonchev–Trinajstić information content (AvgIpc) is 2.81. The van der Waals surface area contributed by atoms with E-state index in [0.717, 1.165) is 6.07 Å². The molecule has 19 heavy (non-hydrogen) atoms. The fourth-order valence-electron chi connectivity index (χ4n) is 1.95. The van der Waals surface area contributed by atoms with Gasteiger partial charge in [-0.1, -0.05) is 12.1 Å².